The number of non-ortho nitro benzene ring substituents is 1. The summed E-state index contributed by atoms with van der Waals surface area (Å²) in [5, 5.41) is 16.4. The van der Waals surface area contributed by atoms with Gasteiger partial charge in [0.1, 0.15) is 29.4 Å². The molecule has 0 aromatic heterocycles. The molecule has 196 valence electrons. The van der Waals surface area contributed by atoms with E-state index in [1.54, 1.807) is 6.92 Å². The molecule has 0 unspecified atom stereocenters. The number of benzene rings is 2. The summed E-state index contributed by atoms with van der Waals surface area (Å²) in [6.45, 7) is 2.37. The van der Waals surface area contributed by atoms with E-state index in [1.165, 1.54) is 23.1 Å². The summed E-state index contributed by atoms with van der Waals surface area (Å²) in [7, 11) is 0. The first-order valence-electron chi connectivity index (χ1n) is 11.9. The zero-order valence-electron chi connectivity index (χ0n) is 20.0. The topological polar surface area (TPSA) is 131 Å². The van der Waals surface area contributed by atoms with Gasteiger partial charge < -0.3 is 20.3 Å². The zero-order chi connectivity index (χ0) is 26.7. The Morgan fingerprint density at radius 1 is 1.16 bits per heavy atom. The number of nitrogens with zero attached hydrogens (tertiary/aromatic N) is 2. The predicted molar refractivity (Wildman–Crippen MR) is 127 cm³/mol. The lowest BCUT2D eigenvalue weighted by Gasteiger charge is -2.34. The van der Waals surface area contributed by atoms with Crippen molar-refractivity contribution in [3.05, 3.63) is 69.3 Å². The van der Waals surface area contributed by atoms with Gasteiger partial charge in [-0.2, -0.15) is 0 Å². The summed E-state index contributed by atoms with van der Waals surface area (Å²) in [4.78, 5) is 51.6. The molecule has 2 aliphatic heterocycles. The Bertz CT molecular complexity index is 1210. The van der Waals surface area contributed by atoms with Crippen LogP contribution >= 0.6 is 0 Å². The molecule has 1 saturated heterocycles. The SMILES string of the molecule is CCC(=O)N[C@H](C(=O)N1Cc2ccc([N+](=O)[O-])cc2[C@H]1C(=O)Nc1c(F)cccc1F)C1CCOCC1. The molecule has 37 heavy (non-hydrogen) atoms. The lowest BCUT2D eigenvalue weighted by molar-refractivity contribution is -0.384. The number of anilines is 1. The van der Waals surface area contributed by atoms with Crippen molar-refractivity contribution in [3.8, 4) is 0 Å². The van der Waals surface area contributed by atoms with Gasteiger partial charge in [-0.3, -0.25) is 24.5 Å². The summed E-state index contributed by atoms with van der Waals surface area (Å²) in [6.07, 6.45) is 1.14. The van der Waals surface area contributed by atoms with Crippen molar-refractivity contribution in [2.24, 2.45) is 5.92 Å². The van der Waals surface area contributed by atoms with Gasteiger partial charge in [-0.15, -0.1) is 0 Å². The number of hydrogen-bond acceptors (Lipinski definition) is 6. The second-order valence-corrected chi connectivity index (χ2v) is 8.94. The zero-order valence-corrected chi connectivity index (χ0v) is 20.0. The Kier molecular flexibility index (Phi) is 7.77. The average Bonchev–Trinajstić information content (AvgIpc) is 3.28. The summed E-state index contributed by atoms with van der Waals surface area (Å²) >= 11 is 0. The van der Waals surface area contributed by atoms with Gasteiger partial charge in [0.05, 0.1) is 4.92 Å². The molecule has 0 saturated carbocycles. The molecule has 2 aromatic carbocycles. The first kappa shape index (κ1) is 26.1. The highest BCUT2D eigenvalue weighted by Crippen LogP contribution is 2.38. The van der Waals surface area contributed by atoms with E-state index < -0.39 is 46.1 Å². The maximum atomic E-state index is 14.3. The predicted octanol–water partition coefficient (Wildman–Crippen LogP) is 3.22. The molecule has 2 heterocycles. The van der Waals surface area contributed by atoms with Gasteiger partial charge in [0.15, 0.2) is 0 Å². The smallest absolute Gasteiger partial charge is 0.269 e. The van der Waals surface area contributed by atoms with Crippen LogP contribution in [0.15, 0.2) is 36.4 Å². The van der Waals surface area contributed by atoms with E-state index in [1.807, 2.05) is 0 Å². The first-order valence-corrected chi connectivity index (χ1v) is 11.9. The standard InChI is InChI=1S/C25H26F2N4O6/c1-2-20(32)28-21(14-8-10-37-11-9-14)25(34)30-13-15-6-7-16(31(35)36)12-17(15)23(30)24(33)29-22-18(26)4-3-5-19(22)27/h3-7,12,14,21,23H,2,8-11,13H2,1H3,(H,28,32)(H,29,33)/t21-,23-/m0/s1. The number of carbonyl (C=O) groups excluding carboxylic acids is 3. The number of amides is 3. The van der Waals surface area contributed by atoms with Crippen molar-refractivity contribution < 1.29 is 32.8 Å². The van der Waals surface area contributed by atoms with Gasteiger partial charge in [-0.1, -0.05) is 19.1 Å². The van der Waals surface area contributed by atoms with Gasteiger partial charge in [0.2, 0.25) is 11.8 Å². The van der Waals surface area contributed by atoms with Crippen LogP contribution in [0.2, 0.25) is 0 Å². The van der Waals surface area contributed by atoms with Crippen LogP contribution in [0.4, 0.5) is 20.2 Å². The van der Waals surface area contributed by atoms with E-state index in [-0.39, 0.29) is 36.0 Å². The Morgan fingerprint density at radius 2 is 1.84 bits per heavy atom. The summed E-state index contributed by atoms with van der Waals surface area (Å²) in [6, 6.07) is 4.57. The van der Waals surface area contributed by atoms with E-state index in [4.69, 9.17) is 4.74 Å². The molecule has 0 bridgehead atoms. The quantitative estimate of drug-likeness (QED) is 0.429. The van der Waals surface area contributed by atoms with Crippen molar-refractivity contribution in [1.29, 1.82) is 0 Å². The van der Waals surface area contributed by atoms with Crippen LogP contribution in [-0.4, -0.2) is 46.8 Å². The number of hydrogen-bond donors (Lipinski definition) is 2. The van der Waals surface area contributed by atoms with Crippen molar-refractivity contribution in [1.82, 2.24) is 10.2 Å². The Hall–Kier alpha value is -3.93. The van der Waals surface area contributed by atoms with Crippen LogP contribution in [0.3, 0.4) is 0 Å². The molecule has 10 nitrogen and oxygen atoms in total. The Labute approximate surface area is 211 Å². The normalized spacial score (nSPS) is 18.1. The molecule has 12 heteroatoms. The Morgan fingerprint density at radius 3 is 2.46 bits per heavy atom. The summed E-state index contributed by atoms with van der Waals surface area (Å²) in [5.74, 6) is -4.16. The van der Waals surface area contributed by atoms with E-state index in [2.05, 4.69) is 10.6 Å². The van der Waals surface area contributed by atoms with Crippen LogP contribution in [0.5, 0.6) is 0 Å². The summed E-state index contributed by atoms with van der Waals surface area (Å²) in [5.41, 5.74) is -0.354. The number of ether oxygens (including phenoxy) is 1. The molecule has 2 aliphatic rings. The van der Waals surface area contributed by atoms with E-state index >= 15 is 0 Å². The maximum absolute atomic E-state index is 14.3. The van der Waals surface area contributed by atoms with E-state index in [0.717, 1.165) is 18.2 Å². The molecule has 4 rings (SSSR count). The number of halogens is 2. The molecule has 2 aromatic rings. The minimum atomic E-state index is -1.41. The number of nitro groups is 1. The first-order chi connectivity index (χ1) is 17.7. The number of nitrogens with one attached hydrogen (secondary N) is 2. The van der Waals surface area contributed by atoms with Crippen molar-refractivity contribution in [3.63, 3.8) is 0 Å². The molecular formula is C25H26F2N4O6. The van der Waals surface area contributed by atoms with Crippen molar-refractivity contribution in [2.75, 3.05) is 18.5 Å². The third-order valence-corrected chi connectivity index (χ3v) is 6.67. The second-order valence-electron chi connectivity index (χ2n) is 8.94. The fourth-order valence-corrected chi connectivity index (χ4v) is 4.72. The molecule has 0 radical (unpaired) electrons. The van der Waals surface area contributed by atoms with Crippen LogP contribution in [-0.2, 0) is 25.7 Å². The van der Waals surface area contributed by atoms with Gasteiger partial charge in [-0.05, 0) is 42.0 Å². The molecule has 2 atom stereocenters. The molecule has 3 amide bonds. The lowest BCUT2D eigenvalue weighted by Crippen LogP contribution is -2.53. The van der Waals surface area contributed by atoms with E-state index in [0.29, 0.717) is 31.6 Å². The van der Waals surface area contributed by atoms with Crippen LogP contribution < -0.4 is 10.6 Å². The molecule has 2 N–H and O–H groups in total. The van der Waals surface area contributed by atoms with Crippen molar-refractivity contribution >= 4 is 29.1 Å². The number of rotatable bonds is 7. The number of para-hydroxylation sites is 1. The number of fused-ring (bicyclic) bond motifs is 1. The minimum Gasteiger partial charge on any atom is -0.381 e. The van der Waals surface area contributed by atoms with Crippen LogP contribution in [0, 0.1) is 27.7 Å². The number of nitro benzene ring substituents is 1. The monoisotopic (exact) mass is 516 g/mol. The molecule has 1 fully saturated rings. The van der Waals surface area contributed by atoms with Gasteiger partial charge in [0, 0.05) is 38.3 Å². The van der Waals surface area contributed by atoms with Gasteiger partial charge >= 0.3 is 0 Å². The van der Waals surface area contributed by atoms with Crippen LogP contribution in [0.1, 0.15) is 43.4 Å². The number of carbonyl (C=O) groups is 3. The van der Waals surface area contributed by atoms with Gasteiger partial charge in [-0.25, -0.2) is 8.78 Å². The Balaban J connectivity index is 1.73. The second kappa shape index (κ2) is 11.0. The molecule has 0 aliphatic carbocycles. The van der Waals surface area contributed by atoms with Crippen LogP contribution in [0.25, 0.3) is 0 Å². The van der Waals surface area contributed by atoms with E-state index in [9.17, 15) is 33.3 Å². The molecule has 0 spiro atoms. The molecular weight excluding hydrogens is 490 g/mol. The highest BCUT2D eigenvalue weighted by molar-refractivity contribution is 6.00. The third kappa shape index (κ3) is 5.43. The fourth-order valence-electron chi connectivity index (χ4n) is 4.72. The average molecular weight is 517 g/mol. The van der Waals surface area contributed by atoms with Gasteiger partial charge in [0.25, 0.3) is 11.6 Å². The van der Waals surface area contributed by atoms with Crippen molar-refractivity contribution in [2.45, 2.75) is 44.8 Å². The fraction of sp³-hybridized carbons (Fsp3) is 0.400. The minimum absolute atomic E-state index is 0.0777. The third-order valence-electron chi connectivity index (χ3n) is 6.67. The highest BCUT2D eigenvalue weighted by atomic mass is 19.1. The highest BCUT2D eigenvalue weighted by Gasteiger charge is 2.44. The summed E-state index contributed by atoms with van der Waals surface area (Å²) < 4.78 is 34.0. The lowest BCUT2D eigenvalue weighted by atomic mass is 9.90. The largest absolute Gasteiger partial charge is 0.381 e. The maximum Gasteiger partial charge on any atom is 0.269 e.